The lowest BCUT2D eigenvalue weighted by Gasteiger charge is -2.19. The number of methoxy groups -OCH3 is 1. The predicted octanol–water partition coefficient (Wildman–Crippen LogP) is 2.69. The second-order valence-corrected chi connectivity index (χ2v) is 5.95. The third-order valence-electron chi connectivity index (χ3n) is 3.12. The van der Waals surface area contributed by atoms with Gasteiger partial charge in [0.15, 0.2) is 6.73 Å². The topological polar surface area (TPSA) is 63.2 Å². The van der Waals surface area contributed by atoms with Crippen LogP contribution in [-0.2, 0) is 14.3 Å². The molecule has 1 N–H and O–H groups in total. The van der Waals surface area contributed by atoms with Crippen molar-refractivity contribution in [2.45, 2.75) is 27.7 Å². The van der Waals surface area contributed by atoms with Crippen LogP contribution in [0.4, 0.5) is 11.4 Å². The van der Waals surface area contributed by atoms with Crippen molar-refractivity contribution >= 4 is 23.4 Å². The number of rotatable bonds is 2. The van der Waals surface area contributed by atoms with Crippen LogP contribution in [0.5, 0.6) is 0 Å². The molecule has 0 saturated carbocycles. The van der Waals surface area contributed by atoms with Crippen molar-refractivity contribution in [3.05, 3.63) is 23.8 Å². The Kier molecular flexibility index (Phi) is 4.06. The number of ether oxygens (including phenoxy) is 2. The number of nitrogens with zero attached hydrogens (tertiary/aromatic N) is 2. The van der Waals surface area contributed by atoms with Crippen LogP contribution < -0.4 is 10.3 Å². The Hall–Kier alpha value is -2.24. The molecule has 0 unspecified atom stereocenters. The molecule has 1 amide bonds. The molecule has 0 aliphatic carbocycles. The molecule has 0 aromatic heterocycles. The Labute approximate surface area is 124 Å². The summed E-state index contributed by atoms with van der Waals surface area (Å²) in [5, 5.41) is 8.80. The lowest BCUT2D eigenvalue weighted by molar-refractivity contribution is -0.123. The van der Waals surface area contributed by atoms with Gasteiger partial charge in [0.1, 0.15) is 0 Å². The summed E-state index contributed by atoms with van der Waals surface area (Å²) in [5.41, 5.74) is 2.22. The second kappa shape index (κ2) is 5.63. The van der Waals surface area contributed by atoms with Crippen LogP contribution >= 0.6 is 0 Å². The Morgan fingerprint density at radius 2 is 2.14 bits per heavy atom. The number of aryl methyl sites for hydroxylation is 1. The zero-order valence-electron chi connectivity index (χ0n) is 13.1. The number of hydrazone groups is 1. The molecule has 1 aliphatic heterocycles. The molecule has 114 valence electrons. The molecule has 1 aromatic carbocycles. The fraction of sp³-hybridized carbons (Fsp3) is 0.467. The van der Waals surface area contributed by atoms with Gasteiger partial charge in [-0.1, -0.05) is 25.9 Å². The van der Waals surface area contributed by atoms with Gasteiger partial charge in [-0.2, -0.15) is 0 Å². The minimum Gasteiger partial charge on any atom is -0.453 e. The average molecular weight is 291 g/mol. The van der Waals surface area contributed by atoms with Crippen molar-refractivity contribution in [1.29, 1.82) is 0 Å². The van der Waals surface area contributed by atoms with E-state index in [1.54, 1.807) is 5.01 Å². The molecular weight excluding hydrogens is 270 g/mol. The van der Waals surface area contributed by atoms with E-state index in [0.29, 0.717) is 6.73 Å². The number of carbonyl (C=O) groups excluding carboxylic acids is 1. The Morgan fingerprint density at radius 1 is 1.43 bits per heavy atom. The summed E-state index contributed by atoms with van der Waals surface area (Å²) in [6.07, 6.45) is 0.248. The molecule has 21 heavy (non-hydrogen) atoms. The summed E-state index contributed by atoms with van der Waals surface area (Å²) in [6.45, 7) is 7.91. The van der Waals surface area contributed by atoms with E-state index in [-0.39, 0.29) is 12.0 Å². The maximum atomic E-state index is 12.0. The van der Waals surface area contributed by atoms with Gasteiger partial charge in [-0.15, -0.1) is 0 Å². The van der Waals surface area contributed by atoms with Crippen molar-refractivity contribution in [2.75, 3.05) is 24.2 Å². The lowest BCUT2D eigenvalue weighted by atomic mass is 9.95. The minimum absolute atomic E-state index is 0.0115. The van der Waals surface area contributed by atoms with E-state index in [0.717, 1.165) is 16.9 Å². The summed E-state index contributed by atoms with van der Waals surface area (Å²) in [4.78, 5) is 12.0. The van der Waals surface area contributed by atoms with Gasteiger partial charge in [-0.3, -0.25) is 4.79 Å². The summed E-state index contributed by atoms with van der Waals surface area (Å²) in [7, 11) is 1.51. The first-order valence-corrected chi connectivity index (χ1v) is 6.76. The Balaban J connectivity index is 2.15. The minimum atomic E-state index is -0.425. The SMILES string of the molecule is COC1=NN(c2ccc(NC(=O)C(C)(C)C)c(C)c2)CO1. The van der Waals surface area contributed by atoms with Crippen molar-refractivity contribution in [2.24, 2.45) is 10.5 Å². The van der Waals surface area contributed by atoms with E-state index < -0.39 is 5.41 Å². The molecule has 0 spiro atoms. The quantitative estimate of drug-likeness (QED) is 0.910. The number of hydrogen-bond acceptors (Lipinski definition) is 5. The highest BCUT2D eigenvalue weighted by Gasteiger charge is 2.22. The zero-order chi connectivity index (χ0) is 15.6. The van der Waals surface area contributed by atoms with E-state index in [1.165, 1.54) is 7.11 Å². The van der Waals surface area contributed by atoms with Gasteiger partial charge in [-0.05, 0) is 30.7 Å². The molecule has 6 nitrogen and oxygen atoms in total. The summed E-state index contributed by atoms with van der Waals surface area (Å²) in [6, 6.07) is 5.70. The van der Waals surface area contributed by atoms with Gasteiger partial charge < -0.3 is 14.8 Å². The highest BCUT2D eigenvalue weighted by Crippen LogP contribution is 2.26. The molecule has 0 radical (unpaired) electrons. The van der Waals surface area contributed by atoms with Gasteiger partial charge in [0, 0.05) is 11.1 Å². The van der Waals surface area contributed by atoms with Crippen molar-refractivity contribution in [3.63, 3.8) is 0 Å². The molecular formula is C15H21N3O3. The summed E-state index contributed by atoms with van der Waals surface area (Å²) < 4.78 is 10.2. The Bertz CT molecular complexity index is 576. The van der Waals surface area contributed by atoms with Crippen molar-refractivity contribution in [1.82, 2.24) is 0 Å². The van der Waals surface area contributed by atoms with Crippen LogP contribution in [0.15, 0.2) is 23.3 Å². The third kappa shape index (κ3) is 3.45. The first kappa shape index (κ1) is 15.2. The fourth-order valence-corrected chi connectivity index (χ4v) is 1.76. The highest BCUT2D eigenvalue weighted by molar-refractivity contribution is 5.95. The van der Waals surface area contributed by atoms with Crippen LogP contribution in [0.2, 0.25) is 0 Å². The van der Waals surface area contributed by atoms with E-state index in [1.807, 2.05) is 45.9 Å². The second-order valence-electron chi connectivity index (χ2n) is 5.95. The maximum absolute atomic E-state index is 12.0. The van der Waals surface area contributed by atoms with E-state index in [9.17, 15) is 4.79 Å². The fourth-order valence-electron chi connectivity index (χ4n) is 1.76. The average Bonchev–Trinajstić information content (AvgIpc) is 2.88. The smallest absolute Gasteiger partial charge is 0.407 e. The van der Waals surface area contributed by atoms with Crippen molar-refractivity contribution < 1.29 is 14.3 Å². The van der Waals surface area contributed by atoms with E-state index in [4.69, 9.17) is 9.47 Å². The molecule has 6 heteroatoms. The van der Waals surface area contributed by atoms with Crippen LogP contribution in [-0.4, -0.2) is 25.8 Å². The van der Waals surface area contributed by atoms with E-state index in [2.05, 4.69) is 10.4 Å². The van der Waals surface area contributed by atoms with Gasteiger partial charge >= 0.3 is 6.08 Å². The number of carbonyl (C=O) groups is 1. The molecule has 1 aromatic rings. The molecule has 0 atom stereocenters. The summed E-state index contributed by atoms with van der Waals surface area (Å²) in [5.74, 6) is -0.0115. The van der Waals surface area contributed by atoms with Gasteiger partial charge in [0.2, 0.25) is 5.91 Å². The zero-order valence-corrected chi connectivity index (χ0v) is 13.1. The number of benzene rings is 1. The third-order valence-corrected chi connectivity index (χ3v) is 3.12. The van der Waals surface area contributed by atoms with Crippen molar-refractivity contribution in [3.8, 4) is 0 Å². The van der Waals surface area contributed by atoms with Gasteiger partial charge in [0.05, 0.1) is 12.8 Å². The molecule has 1 heterocycles. The maximum Gasteiger partial charge on any atom is 0.407 e. The number of anilines is 2. The predicted molar refractivity (Wildman–Crippen MR) is 82.1 cm³/mol. The lowest BCUT2D eigenvalue weighted by Crippen LogP contribution is -2.28. The first-order valence-electron chi connectivity index (χ1n) is 6.76. The standard InChI is InChI=1S/C15H21N3O3/c1-10-8-11(18-9-21-14(17-18)20-5)6-7-12(10)16-13(19)15(2,3)4/h6-8H,9H2,1-5H3,(H,16,19). The molecule has 0 saturated heterocycles. The molecule has 1 aliphatic rings. The normalized spacial score (nSPS) is 14.5. The number of nitrogens with one attached hydrogen (secondary N) is 1. The molecule has 2 rings (SSSR count). The van der Waals surface area contributed by atoms with Gasteiger partial charge in [0.25, 0.3) is 0 Å². The van der Waals surface area contributed by atoms with Gasteiger partial charge in [-0.25, -0.2) is 5.01 Å². The van der Waals surface area contributed by atoms with Crippen LogP contribution in [0.3, 0.4) is 0 Å². The molecule has 0 fully saturated rings. The monoisotopic (exact) mass is 291 g/mol. The van der Waals surface area contributed by atoms with Crippen LogP contribution in [0, 0.1) is 12.3 Å². The summed E-state index contributed by atoms with van der Waals surface area (Å²) >= 11 is 0. The highest BCUT2D eigenvalue weighted by atomic mass is 16.7. The first-order chi connectivity index (χ1) is 9.81. The largest absolute Gasteiger partial charge is 0.453 e. The van der Waals surface area contributed by atoms with Crippen LogP contribution in [0.1, 0.15) is 26.3 Å². The van der Waals surface area contributed by atoms with E-state index >= 15 is 0 Å². The Morgan fingerprint density at radius 3 is 2.67 bits per heavy atom. The number of amides is 1. The number of hydrogen-bond donors (Lipinski definition) is 1. The van der Waals surface area contributed by atoms with Crippen LogP contribution in [0.25, 0.3) is 0 Å². The molecule has 0 bridgehead atoms.